The van der Waals surface area contributed by atoms with Gasteiger partial charge in [0.2, 0.25) is 0 Å². The molecule has 84 valence electrons. The monoisotopic (exact) mass is 208 g/mol. The lowest BCUT2D eigenvalue weighted by molar-refractivity contribution is 0.154. The van der Waals surface area contributed by atoms with E-state index in [1.807, 2.05) is 32.2 Å². The summed E-state index contributed by atoms with van der Waals surface area (Å²) in [7, 11) is 2.01. The Balaban J connectivity index is 2.71. The van der Waals surface area contributed by atoms with Crippen molar-refractivity contribution in [3.8, 4) is 0 Å². The standard InChI is InChI=1S/C12H20N2O/c1-10(9-15)14(2)8-12-6-4-3-5-11(12)7-13/h3-6,10,15H,7-9,13H2,1-2H3. The van der Waals surface area contributed by atoms with Gasteiger partial charge < -0.3 is 10.8 Å². The molecule has 1 atom stereocenters. The summed E-state index contributed by atoms with van der Waals surface area (Å²) in [6.07, 6.45) is 0. The minimum atomic E-state index is 0.177. The molecular formula is C12H20N2O. The third-order valence-electron chi connectivity index (χ3n) is 2.77. The zero-order valence-electron chi connectivity index (χ0n) is 9.48. The minimum Gasteiger partial charge on any atom is -0.395 e. The maximum Gasteiger partial charge on any atom is 0.0584 e. The number of aliphatic hydroxyl groups excluding tert-OH is 1. The molecule has 1 aromatic carbocycles. The molecule has 0 fully saturated rings. The van der Waals surface area contributed by atoms with E-state index in [9.17, 15) is 0 Å². The zero-order valence-corrected chi connectivity index (χ0v) is 9.48. The van der Waals surface area contributed by atoms with Crippen LogP contribution >= 0.6 is 0 Å². The van der Waals surface area contributed by atoms with E-state index in [2.05, 4.69) is 11.0 Å². The molecular weight excluding hydrogens is 188 g/mol. The van der Waals surface area contributed by atoms with Gasteiger partial charge in [0.1, 0.15) is 0 Å². The Hall–Kier alpha value is -0.900. The third kappa shape index (κ3) is 3.30. The van der Waals surface area contributed by atoms with Crippen LogP contribution in [0.5, 0.6) is 0 Å². The average molecular weight is 208 g/mol. The Bertz CT molecular complexity index is 301. The number of hydrogen-bond acceptors (Lipinski definition) is 3. The largest absolute Gasteiger partial charge is 0.395 e. The van der Waals surface area contributed by atoms with Crippen molar-refractivity contribution >= 4 is 0 Å². The van der Waals surface area contributed by atoms with Gasteiger partial charge in [-0.3, -0.25) is 4.90 Å². The molecule has 15 heavy (non-hydrogen) atoms. The summed E-state index contributed by atoms with van der Waals surface area (Å²) in [5.41, 5.74) is 8.08. The van der Waals surface area contributed by atoms with Crippen LogP contribution in [0.4, 0.5) is 0 Å². The van der Waals surface area contributed by atoms with Crippen molar-refractivity contribution in [3.63, 3.8) is 0 Å². The topological polar surface area (TPSA) is 49.5 Å². The van der Waals surface area contributed by atoms with Crippen LogP contribution < -0.4 is 5.73 Å². The first-order valence-corrected chi connectivity index (χ1v) is 5.27. The summed E-state index contributed by atoms with van der Waals surface area (Å²) < 4.78 is 0. The van der Waals surface area contributed by atoms with Gasteiger partial charge in [0.05, 0.1) is 6.61 Å². The van der Waals surface area contributed by atoms with E-state index in [1.165, 1.54) is 11.1 Å². The maximum absolute atomic E-state index is 9.04. The van der Waals surface area contributed by atoms with Crippen molar-refractivity contribution < 1.29 is 5.11 Å². The predicted octanol–water partition coefficient (Wildman–Crippen LogP) is 0.958. The molecule has 0 aromatic heterocycles. The van der Waals surface area contributed by atoms with Crippen LogP contribution in [0.2, 0.25) is 0 Å². The van der Waals surface area contributed by atoms with Crippen molar-refractivity contribution in [2.24, 2.45) is 5.73 Å². The van der Waals surface area contributed by atoms with Crippen molar-refractivity contribution in [1.82, 2.24) is 4.90 Å². The van der Waals surface area contributed by atoms with E-state index in [4.69, 9.17) is 10.8 Å². The highest BCUT2D eigenvalue weighted by atomic mass is 16.3. The number of aliphatic hydroxyl groups is 1. The number of rotatable bonds is 5. The first-order valence-electron chi connectivity index (χ1n) is 5.27. The van der Waals surface area contributed by atoms with Crippen LogP contribution in [0.25, 0.3) is 0 Å². The molecule has 0 radical (unpaired) electrons. The van der Waals surface area contributed by atoms with Crippen LogP contribution in [0.3, 0.4) is 0 Å². The number of nitrogens with two attached hydrogens (primary N) is 1. The first kappa shape index (κ1) is 12.2. The normalized spacial score (nSPS) is 13.1. The lowest BCUT2D eigenvalue weighted by Gasteiger charge is -2.23. The summed E-state index contributed by atoms with van der Waals surface area (Å²) in [5.74, 6) is 0. The van der Waals surface area contributed by atoms with Crippen LogP contribution in [-0.2, 0) is 13.1 Å². The number of likely N-dealkylation sites (N-methyl/N-ethyl adjacent to an activating group) is 1. The summed E-state index contributed by atoms with van der Waals surface area (Å²) >= 11 is 0. The number of benzene rings is 1. The van der Waals surface area contributed by atoms with Gasteiger partial charge >= 0.3 is 0 Å². The third-order valence-corrected chi connectivity index (χ3v) is 2.77. The molecule has 0 amide bonds. The van der Waals surface area contributed by atoms with Crippen LogP contribution in [0.15, 0.2) is 24.3 Å². The molecule has 0 aliphatic carbocycles. The van der Waals surface area contributed by atoms with Gasteiger partial charge in [0, 0.05) is 19.1 Å². The molecule has 0 aliphatic heterocycles. The molecule has 1 aromatic rings. The molecule has 3 heteroatoms. The van der Waals surface area contributed by atoms with Crippen molar-refractivity contribution in [2.75, 3.05) is 13.7 Å². The smallest absolute Gasteiger partial charge is 0.0584 e. The fourth-order valence-electron chi connectivity index (χ4n) is 1.47. The van der Waals surface area contributed by atoms with Gasteiger partial charge in [0.15, 0.2) is 0 Å². The SMILES string of the molecule is CC(CO)N(C)Cc1ccccc1CN. The maximum atomic E-state index is 9.04. The van der Waals surface area contributed by atoms with Crippen LogP contribution in [-0.4, -0.2) is 29.7 Å². The molecule has 0 bridgehead atoms. The predicted molar refractivity (Wildman–Crippen MR) is 62.3 cm³/mol. The molecule has 1 unspecified atom stereocenters. The number of nitrogens with zero attached hydrogens (tertiary/aromatic N) is 1. The first-order chi connectivity index (χ1) is 7.19. The van der Waals surface area contributed by atoms with Crippen LogP contribution in [0.1, 0.15) is 18.1 Å². The molecule has 0 saturated heterocycles. The fourth-order valence-corrected chi connectivity index (χ4v) is 1.47. The highest BCUT2D eigenvalue weighted by molar-refractivity contribution is 5.26. The Morgan fingerprint density at radius 3 is 2.47 bits per heavy atom. The molecule has 1 rings (SSSR count). The minimum absolute atomic E-state index is 0.177. The lowest BCUT2D eigenvalue weighted by Crippen LogP contribution is -2.31. The van der Waals surface area contributed by atoms with E-state index in [-0.39, 0.29) is 12.6 Å². The fraction of sp³-hybridized carbons (Fsp3) is 0.500. The van der Waals surface area contributed by atoms with E-state index in [0.717, 1.165) is 6.54 Å². The molecule has 3 N–H and O–H groups in total. The summed E-state index contributed by atoms with van der Waals surface area (Å²) in [4.78, 5) is 2.12. The molecule has 3 nitrogen and oxygen atoms in total. The van der Waals surface area contributed by atoms with E-state index >= 15 is 0 Å². The van der Waals surface area contributed by atoms with Crippen molar-refractivity contribution in [2.45, 2.75) is 26.1 Å². The van der Waals surface area contributed by atoms with Crippen LogP contribution in [0, 0.1) is 0 Å². The van der Waals surface area contributed by atoms with E-state index in [0.29, 0.717) is 6.54 Å². The molecule has 0 spiro atoms. The van der Waals surface area contributed by atoms with E-state index in [1.54, 1.807) is 0 Å². The highest BCUT2D eigenvalue weighted by Gasteiger charge is 2.09. The van der Waals surface area contributed by atoms with E-state index < -0.39 is 0 Å². The van der Waals surface area contributed by atoms with Crippen molar-refractivity contribution in [3.05, 3.63) is 35.4 Å². The van der Waals surface area contributed by atoms with Gasteiger partial charge in [-0.15, -0.1) is 0 Å². The zero-order chi connectivity index (χ0) is 11.3. The van der Waals surface area contributed by atoms with Gasteiger partial charge in [-0.25, -0.2) is 0 Å². The second-order valence-electron chi connectivity index (χ2n) is 3.92. The molecule has 0 heterocycles. The Morgan fingerprint density at radius 2 is 1.93 bits per heavy atom. The molecule has 0 aliphatic rings. The summed E-state index contributed by atoms with van der Waals surface area (Å²) in [5, 5.41) is 9.04. The number of hydrogen-bond donors (Lipinski definition) is 2. The molecule has 0 saturated carbocycles. The Labute approximate surface area is 91.5 Å². The second-order valence-corrected chi connectivity index (χ2v) is 3.92. The van der Waals surface area contributed by atoms with Gasteiger partial charge in [0.25, 0.3) is 0 Å². The van der Waals surface area contributed by atoms with Gasteiger partial charge in [-0.05, 0) is 25.1 Å². The summed E-state index contributed by atoms with van der Waals surface area (Å²) in [6.45, 7) is 3.58. The van der Waals surface area contributed by atoms with Gasteiger partial charge in [-0.2, -0.15) is 0 Å². The van der Waals surface area contributed by atoms with Gasteiger partial charge in [-0.1, -0.05) is 24.3 Å². The Kier molecular flexibility index (Phi) is 4.75. The second kappa shape index (κ2) is 5.85. The quantitative estimate of drug-likeness (QED) is 0.757. The Morgan fingerprint density at radius 1 is 1.33 bits per heavy atom. The lowest BCUT2D eigenvalue weighted by atomic mass is 10.1. The average Bonchev–Trinajstić information content (AvgIpc) is 2.28. The summed E-state index contributed by atoms with van der Waals surface area (Å²) in [6, 6.07) is 8.33. The van der Waals surface area contributed by atoms with Crippen molar-refractivity contribution in [1.29, 1.82) is 0 Å². The highest BCUT2D eigenvalue weighted by Crippen LogP contribution is 2.11.